The van der Waals surface area contributed by atoms with Gasteiger partial charge in [0.05, 0.1) is 17.0 Å². The van der Waals surface area contributed by atoms with Crippen molar-refractivity contribution in [3.05, 3.63) is 71.5 Å². The van der Waals surface area contributed by atoms with Gasteiger partial charge in [0.2, 0.25) is 0 Å². The maximum Gasteiger partial charge on any atom is 0.303 e. The number of anilines is 1. The van der Waals surface area contributed by atoms with Gasteiger partial charge in [-0.25, -0.2) is 0 Å². The Bertz CT molecular complexity index is 1140. The Labute approximate surface area is 199 Å². The summed E-state index contributed by atoms with van der Waals surface area (Å²) in [7, 11) is 0. The SMILES string of the molecule is CC(C)c1c(C(=O)Nc2ccccc2)c(-c2ccccc2O)c(CCCCCCC(=O)O)n1O. The van der Waals surface area contributed by atoms with Gasteiger partial charge in [0.1, 0.15) is 5.75 Å². The van der Waals surface area contributed by atoms with Gasteiger partial charge in [0, 0.05) is 23.2 Å². The Morgan fingerprint density at radius 1 is 0.941 bits per heavy atom. The molecule has 3 rings (SSSR count). The van der Waals surface area contributed by atoms with Crippen molar-refractivity contribution < 1.29 is 25.0 Å². The Morgan fingerprint density at radius 3 is 2.24 bits per heavy atom. The molecule has 0 aliphatic heterocycles. The first-order valence-electron chi connectivity index (χ1n) is 11.6. The van der Waals surface area contributed by atoms with Crippen LogP contribution in [0.3, 0.4) is 0 Å². The van der Waals surface area contributed by atoms with Crippen molar-refractivity contribution >= 4 is 17.6 Å². The topological polar surface area (TPSA) is 112 Å². The smallest absolute Gasteiger partial charge is 0.303 e. The number of unbranched alkanes of at least 4 members (excludes halogenated alkanes) is 3. The van der Waals surface area contributed by atoms with E-state index < -0.39 is 5.97 Å². The second kappa shape index (κ2) is 11.4. The van der Waals surface area contributed by atoms with Crippen LogP contribution >= 0.6 is 0 Å². The van der Waals surface area contributed by atoms with Crippen LogP contribution in [0.25, 0.3) is 11.1 Å². The van der Waals surface area contributed by atoms with E-state index in [-0.39, 0.29) is 24.0 Å². The third kappa shape index (κ3) is 5.78. The van der Waals surface area contributed by atoms with Gasteiger partial charge < -0.3 is 20.7 Å². The Morgan fingerprint density at radius 2 is 1.59 bits per heavy atom. The third-order valence-corrected chi connectivity index (χ3v) is 5.81. The third-order valence-electron chi connectivity index (χ3n) is 5.81. The quantitative estimate of drug-likeness (QED) is 0.204. The van der Waals surface area contributed by atoms with Gasteiger partial charge >= 0.3 is 5.97 Å². The van der Waals surface area contributed by atoms with Crippen LogP contribution in [0.5, 0.6) is 5.75 Å². The van der Waals surface area contributed by atoms with Crippen molar-refractivity contribution in [1.82, 2.24) is 4.73 Å². The Kier molecular flexibility index (Phi) is 8.35. The summed E-state index contributed by atoms with van der Waals surface area (Å²) in [5.41, 5.74) is 3.01. The number of phenolic OH excluding ortho intramolecular Hbond substituents is 1. The summed E-state index contributed by atoms with van der Waals surface area (Å²) < 4.78 is 1.10. The molecule has 7 heteroatoms. The second-order valence-corrected chi connectivity index (χ2v) is 8.69. The van der Waals surface area contributed by atoms with Gasteiger partial charge in [0.15, 0.2) is 0 Å². The largest absolute Gasteiger partial charge is 0.507 e. The molecule has 1 aromatic heterocycles. The molecule has 7 nitrogen and oxygen atoms in total. The molecule has 4 N–H and O–H groups in total. The lowest BCUT2D eigenvalue weighted by Crippen LogP contribution is -2.16. The number of para-hydroxylation sites is 2. The van der Waals surface area contributed by atoms with E-state index in [0.29, 0.717) is 53.0 Å². The number of amides is 1. The first-order valence-corrected chi connectivity index (χ1v) is 11.6. The molecule has 0 saturated heterocycles. The summed E-state index contributed by atoms with van der Waals surface area (Å²) >= 11 is 0. The summed E-state index contributed by atoms with van der Waals surface area (Å²) in [5.74, 6) is -1.29. The molecular weight excluding hydrogens is 432 g/mol. The molecule has 0 unspecified atom stereocenters. The van der Waals surface area contributed by atoms with E-state index >= 15 is 0 Å². The lowest BCUT2D eigenvalue weighted by molar-refractivity contribution is -0.137. The molecule has 0 radical (unpaired) electrons. The number of carbonyl (C=O) groups excluding carboxylic acids is 1. The van der Waals surface area contributed by atoms with Crippen molar-refractivity contribution in [2.45, 2.75) is 58.3 Å². The zero-order valence-electron chi connectivity index (χ0n) is 19.6. The highest BCUT2D eigenvalue weighted by atomic mass is 16.5. The van der Waals surface area contributed by atoms with Crippen LogP contribution in [0.2, 0.25) is 0 Å². The number of benzene rings is 2. The molecule has 2 aromatic carbocycles. The van der Waals surface area contributed by atoms with Crippen LogP contribution in [0.4, 0.5) is 5.69 Å². The van der Waals surface area contributed by atoms with Gasteiger partial charge in [-0.3, -0.25) is 9.59 Å². The zero-order valence-corrected chi connectivity index (χ0v) is 19.6. The van der Waals surface area contributed by atoms with Gasteiger partial charge in [0.25, 0.3) is 5.91 Å². The molecular formula is C27H32N2O5. The summed E-state index contributed by atoms with van der Waals surface area (Å²) in [4.78, 5) is 24.2. The van der Waals surface area contributed by atoms with E-state index in [4.69, 9.17) is 5.11 Å². The lowest BCUT2D eigenvalue weighted by atomic mass is 9.94. The van der Waals surface area contributed by atoms with E-state index in [2.05, 4.69) is 5.32 Å². The maximum absolute atomic E-state index is 13.5. The minimum Gasteiger partial charge on any atom is -0.507 e. The number of rotatable bonds is 11. The highest BCUT2D eigenvalue weighted by molar-refractivity contribution is 6.11. The number of phenols is 1. The normalized spacial score (nSPS) is 11.0. The number of carboxylic acid groups (broad SMARTS) is 1. The van der Waals surface area contributed by atoms with Crippen LogP contribution in [-0.4, -0.2) is 32.0 Å². The van der Waals surface area contributed by atoms with Gasteiger partial charge in [-0.1, -0.05) is 63.1 Å². The van der Waals surface area contributed by atoms with E-state index in [1.165, 1.54) is 0 Å². The molecule has 34 heavy (non-hydrogen) atoms. The van der Waals surface area contributed by atoms with Crippen LogP contribution in [0.15, 0.2) is 54.6 Å². The fourth-order valence-electron chi connectivity index (χ4n) is 4.24. The van der Waals surface area contributed by atoms with E-state index in [1.54, 1.807) is 36.4 Å². The highest BCUT2D eigenvalue weighted by Gasteiger charge is 2.30. The van der Waals surface area contributed by atoms with Crippen molar-refractivity contribution in [2.24, 2.45) is 0 Å². The number of aromatic hydroxyl groups is 1. The van der Waals surface area contributed by atoms with Crippen molar-refractivity contribution in [1.29, 1.82) is 0 Å². The first-order chi connectivity index (χ1) is 16.3. The van der Waals surface area contributed by atoms with Crippen LogP contribution in [0.1, 0.15) is 73.6 Å². The van der Waals surface area contributed by atoms with Gasteiger partial charge in [-0.2, -0.15) is 4.73 Å². The molecule has 3 aromatic rings. The minimum absolute atomic E-state index is 0.0277. The summed E-state index contributed by atoms with van der Waals surface area (Å²) in [5, 5.41) is 33.6. The molecule has 0 aliphatic carbocycles. The van der Waals surface area contributed by atoms with Gasteiger partial charge in [-0.05, 0) is 43.4 Å². The van der Waals surface area contributed by atoms with Crippen LogP contribution in [-0.2, 0) is 11.2 Å². The predicted molar refractivity (Wildman–Crippen MR) is 132 cm³/mol. The second-order valence-electron chi connectivity index (χ2n) is 8.69. The molecule has 0 spiro atoms. The van der Waals surface area contributed by atoms with Gasteiger partial charge in [-0.15, -0.1) is 0 Å². The average Bonchev–Trinajstić information content (AvgIpc) is 3.09. The standard InChI is InChI=1S/C27H32N2O5/c1-18(2)26-25(27(33)28-19-12-6-5-7-13-19)24(20-14-10-11-16-22(20)30)21(29(26)34)15-8-3-4-9-17-23(31)32/h5-7,10-14,16,18,30,34H,3-4,8-9,15,17H2,1-2H3,(H,28,33)(H,31,32). The molecule has 0 fully saturated rings. The Hall–Kier alpha value is -3.74. The number of hydrogen-bond donors (Lipinski definition) is 4. The zero-order chi connectivity index (χ0) is 24.7. The number of hydrogen-bond acceptors (Lipinski definition) is 4. The molecule has 180 valence electrons. The monoisotopic (exact) mass is 464 g/mol. The maximum atomic E-state index is 13.5. The first kappa shape index (κ1) is 24.9. The molecule has 0 atom stereocenters. The summed E-state index contributed by atoms with van der Waals surface area (Å²) in [6.45, 7) is 3.82. The van der Waals surface area contributed by atoms with Crippen LogP contribution in [0, 0.1) is 0 Å². The van der Waals surface area contributed by atoms with Crippen molar-refractivity contribution in [3.63, 3.8) is 0 Å². The van der Waals surface area contributed by atoms with Crippen LogP contribution < -0.4 is 5.32 Å². The predicted octanol–water partition coefficient (Wildman–Crippen LogP) is 6.05. The average molecular weight is 465 g/mol. The number of aliphatic carboxylic acids is 1. The number of carbonyl (C=O) groups is 2. The highest BCUT2D eigenvalue weighted by Crippen LogP contribution is 2.40. The summed E-state index contributed by atoms with van der Waals surface area (Å²) in [6.07, 6.45) is 3.49. The number of nitrogens with zero attached hydrogens (tertiary/aromatic N) is 1. The Balaban J connectivity index is 2.02. The molecule has 0 aliphatic rings. The fourth-order valence-corrected chi connectivity index (χ4v) is 4.24. The molecule has 0 saturated carbocycles. The van der Waals surface area contributed by atoms with E-state index in [1.807, 2.05) is 32.0 Å². The van der Waals surface area contributed by atoms with Crippen molar-refractivity contribution in [3.8, 4) is 16.9 Å². The van der Waals surface area contributed by atoms with E-state index in [9.17, 15) is 19.9 Å². The van der Waals surface area contributed by atoms with Crippen molar-refractivity contribution in [2.75, 3.05) is 5.32 Å². The summed E-state index contributed by atoms with van der Waals surface area (Å²) in [6, 6.07) is 15.9. The number of nitrogens with one attached hydrogen (secondary N) is 1. The number of aromatic nitrogens is 1. The van der Waals surface area contributed by atoms with E-state index in [0.717, 1.165) is 17.6 Å². The number of carboxylic acids is 1. The molecule has 0 bridgehead atoms. The molecule has 1 amide bonds. The fraction of sp³-hybridized carbons (Fsp3) is 0.333. The minimum atomic E-state index is -0.804. The molecule has 1 heterocycles. The lowest BCUT2D eigenvalue weighted by Gasteiger charge is -2.12.